The smallest absolute Gasteiger partial charge is 0.323 e. The number of ether oxygens (including phenoxy) is 1. The zero-order valence-electron chi connectivity index (χ0n) is 18.0. The van der Waals surface area contributed by atoms with Crippen molar-refractivity contribution in [1.29, 1.82) is 0 Å². The average molecular weight is 450 g/mol. The minimum atomic E-state index is -1.03. The predicted octanol–water partition coefficient (Wildman–Crippen LogP) is 5.69. The minimum Gasteiger partial charge on any atom is -0.480 e. The quantitative estimate of drug-likeness (QED) is 0.497. The summed E-state index contributed by atoms with van der Waals surface area (Å²) in [7, 11) is 0. The summed E-state index contributed by atoms with van der Waals surface area (Å²) in [4.78, 5) is 22.4. The number of hydrogen-bond acceptors (Lipinski definition) is 4. The molecular formula is C22H37Cl2NO4. The minimum absolute atomic E-state index is 0. The average Bonchev–Trinajstić information content (AvgIpc) is 2.95. The first kappa shape index (κ1) is 29.9. The van der Waals surface area contributed by atoms with Gasteiger partial charge in [0.1, 0.15) is 11.6 Å². The van der Waals surface area contributed by atoms with Crippen LogP contribution in [0.1, 0.15) is 84.3 Å². The molecule has 0 spiro atoms. The van der Waals surface area contributed by atoms with Crippen LogP contribution in [0.3, 0.4) is 0 Å². The number of unbranched alkanes of at least 4 members (excludes halogenated alkanes) is 2. The third-order valence-electron chi connectivity index (χ3n) is 5.17. The number of rotatable bonds is 8. The number of aliphatic carboxylic acids is 1. The van der Waals surface area contributed by atoms with Crippen molar-refractivity contribution in [1.82, 2.24) is 0 Å². The number of carboxylic acid groups (broad SMARTS) is 1. The first-order chi connectivity index (χ1) is 12.7. The number of esters is 1. The maximum Gasteiger partial charge on any atom is 0.323 e. The van der Waals surface area contributed by atoms with Crippen molar-refractivity contribution < 1.29 is 19.4 Å². The van der Waals surface area contributed by atoms with E-state index in [1.54, 1.807) is 6.92 Å². The lowest BCUT2D eigenvalue weighted by molar-refractivity contribution is -0.148. The lowest BCUT2D eigenvalue weighted by atomic mass is 9.81. The molecule has 0 aromatic heterocycles. The van der Waals surface area contributed by atoms with Crippen LogP contribution in [0.5, 0.6) is 0 Å². The largest absolute Gasteiger partial charge is 0.480 e. The molecule has 1 aromatic rings. The highest BCUT2D eigenvalue weighted by atomic mass is 35.5. The van der Waals surface area contributed by atoms with Crippen LogP contribution in [-0.4, -0.2) is 22.6 Å². The van der Waals surface area contributed by atoms with Gasteiger partial charge in [0.15, 0.2) is 0 Å². The molecular weight excluding hydrogens is 413 g/mol. The van der Waals surface area contributed by atoms with E-state index < -0.39 is 11.5 Å². The highest BCUT2D eigenvalue weighted by Gasteiger charge is 2.45. The first-order valence-corrected chi connectivity index (χ1v) is 9.94. The molecule has 29 heavy (non-hydrogen) atoms. The van der Waals surface area contributed by atoms with E-state index in [9.17, 15) is 9.59 Å². The van der Waals surface area contributed by atoms with Crippen molar-refractivity contribution in [2.75, 3.05) is 0 Å². The van der Waals surface area contributed by atoms with E-state index in [0.29, 0.717) is 6.42 Å². The molecule has 2 rings (SSSR count). The Balaban J connectivity index is 0. The summed E-state index contributed by atoms with van der Waals surface area (Å²) in [5.74, 6) is -0.944. The Morgan fingerprint density at radius 1 is 1.21 bits per heavy atom. The Morgan fingerprint density at radius 2 is 1.76 bits per heavy atom. The summed E-state index contributed by atoms with van der Waals surface area (Å²) in [6.07, 6.45) is 6.33. The van der Waals surface area contributed by atoms with Gasteiger partial charge in [0.25, 0.3) is 0 Å². The molecule has 5 nitrogen and oxygen atoms in total. The highest BCUT2D eigenvalue weighted by molar-refractivity contribution is 5.85. The molecule has 3 N–H and O–H groups in total. The van der Waals surface area contributed by atoms with Crippen LogP contribution in [-0.2, 0) is 14.3 Å². The van der Waals surface area contributed by atoms with E-state index in [0.717, 1.165) is 44.1 Å². The van der Waals surface area contributed by atoms with Gasteiger partial charge in [-0.3, -0.25) is 9.59 Å². The molecule has 1 saturated heterocycles. The van der Waals surface area contributed by atoms with Crippen LogP contribution in [0.4, 0.5) is 0 Å². The van der Waals surface area contributed by atoms with Crippen molar-refractivity contribution in [3.8, 4) is 0 Å². The Labute approximate surface area is 187 Å². The molecule has 0 radical (unpaired) electrons. The fourth-order valence-electron chi connectivity index (χ4n) is 3.08. The van der Waals surface area contributed by atoms with Gasteiger partial charge in [-0.25, -0.2) is 0 Å². The number of carbonyl (C=O) groups excluding carboxylic acids is 1. The van der Waals surface area contributed by atoms with Crippen LogP contribution in [0.2, 0.25) is 0 Å². The van der Waals surface area contributed by atoms with Crippen molar-refractivity contribution in [3.05, 3.63) is 35.9 Å². The number of carboxylic acids is 1. The van der Waals surface area contributed by atoms with Gasteiger partial charge in [-0.1, -0.05) is 69.9 Å². The summed E-state index contributed by atoms with van der Waals surface area (Å²) in [6.45, 7) is 7.75. The second-order valence-electron chi connectivity index (χ2n) is 8.00. The van der Waals surface area contributed by atoms with Gasteiger partial charge in [-0.2, -0.15) is 0 Å². The predicted molar refractivity (Wildman–Crippen MR) is 122 cm³/mol. The van der Waals surface area contributed by atoms with Gasteiger partial charge in [-0.15, -0.1) is 24.8 Å². The fraction of sp³-hybridized carbons (Fsp3) is 0.636. The van der Waals surface area contributed by atoms with Crippen LogP contribution >= 0.6 is 24.8 Å². The summed E-state index contributed by atoms with van der Waals surface area (Å²) >= 11 is 0. The molecule has 0 aliphatic carbocycles. The Bertz CT molecular complexity index is 610. The van der Waals surface area contributed by atoms with Gasteiger partial charge < -0.3 is 15.6 Å². The van der Waals surface area contributed by atoms with E-state index in [-0.39, 0.29) is 42.3 Å². The number of halogens is 2. The topological polar surface area (TPSA) is 89.6 Å². The van der Waals surface area contributed by atoms with E-state index >= 15 is 0 Å². The van der Waals surface area contributed by atoms with Crippen molar-refractivity contribution >= 4 is 36.8 Å². The van der Waals surface area contributed by atoms with E-state index in [1.807, 2.05) is 44.2 Å². The Kier molecular flexibility index (Phi) is 14.3. The summed E-state index contributed by atoms with van der Waals surface area (Å²) < 4.78 is 5.52. The molecule has 0 unspecified atom stereocenters. The molecule has 0 bridgehead atoms. The zero-order chi connectivity index (χ0) is 20.5. The standard InChI is InChI=1S/C15H20O2.C7H15NO2.2ClH/c1-3-4-10-15(2)11-13(17-14(15)16)12-8-6-5-7-9-12;1-3-4-5-7(2,8)6(9)10;;/h5-9,13H,3-4,10-11H2,1-2H3;3-5,8H2,1-2H3,(H,9,10);2*1H/t13-,15+;7-;;/m11../s1. The lowest BCUT2D eigenvalue weighted by Crippen LogP contribution is -2.44. The molecule has 7 heteroatoms. The van der Waals surface area contributed by atoms with Crippen LogP contribution in [0, 0.1) is 5.41 Å². The molecule has 3 atom stereocenters. The maximum atomic E-state index is 12.0. The monoisotopic (exact) mass is 449 g/mol. The summed E-state index contributed by atoms with van der Waals surface area (Å²) in [6, 6.07) is 10.0. The first-order valence-electron chi connectivity index (χ1n) is 9.94. The normalized spacial score (nSPS) is 22.1. The third kappa shape index (κ3) is 9.37. The van der Waals surface area contributed by atoms with Crippen LogP contribution in [0.25, 0.3) is 0 Å². The summed E-state index contributed by atoms with van der Waals surface area (Å²) in [5, 5.41) is 8.54. The van der Waals surface area contributed by atoms with Gasteiger partial charge >= 0.3 is 11.9 Å². The van der Waals surface area contributed by atoms with Crippen LogP contribution < -0.4 is 5.73 Å². The Hall–Kier alpha value is -1.30. The zero-order valence-corrected chi connectivity index (χ0v) is 19.6. The van der Waals surface area contributed by atoms with Crippen molar-refractivity contribution in [3.63, 3.8) is 0 Å². The second kappa shape index (κ2) is 13.8. The fourth-order valence-corrected chi connectivity index (χ4v) is 3.08. The van der Waals surface area contributed by atoms with Crippen molar-refractivity contribution in [2.24, 2.45) is 11.1 Å². The molecule has 0 saturated carbocycles. The number of hydrogen-bond donors (Lipinski definition) is 2. The number of benzene rings is 1. The Morgan fingerprint density at radius 3 is 2.24 bits per heavy atom. The van der Waals surface area contributed by atoms with E-state index in [4.69, 9.17) is 15.6 Å². The molecule has 1 fully saturated rings. The second-order valence-corrected chi connectivity index (χ2v) is 8.00. The van der Waals surface area contributed by atoms with Gasteiger partial charge in [0, 0.05) is 6.42 Å². The number of nitrogens with two attached hydrogens (primary N) is 1. The third-order valence-corrected chi connectivity index (χ3v) is 5.17. The molecule has 168 valence electrons. The molecule has 1 aliphatic heterocycles. The number of cyclic esters (lactones) is 1. The SMILES string of the molecule is CCCC[C@@](C)(N)C(=O)O.CCCC[C@@]1(C)C[C@H](c2ccccc2)OC1=O.Cl.Cl. The lowest BCUT2D eigenvalue weighted by Gasteiger charge is -2.17. The van der Waals surface area contributed by atoms with Gasteiger partial charge in [0.2, 0.25) is 0 Å². The highest BCUT2D eigenvalue weighted by Crippen LogP contribution is 2.44. The van der Waals surface area contributed by atoms with Crippen LogP contribution in [0.15, 0.2) is 30.3 Å². The van der Waals surface area contributed by atoms with Crippen molar-refractivity contribution in [2.45, 2.75) is 84.3 Å². The molecule has 1 aliphatic rings. The van der Waals surface area contributed by atoms with Gasteiger partial charge in [-0.05, 0) is 32.3 Å². The molecule has 0 amide bonds. The van der Waals surface area contributed by atoms with E-state index in [2.05, 4.69) is 6.92 Å². The van der Waals surface area contributed by atoms with Gasteiger partial charge in [0.05, 0.1) is 5.41 Å². The maximum absolute atomic E-state index is 12.0. The molecule has 1 heterocycles. The molecule has 1 aromatic carbocycles. The number of carbonyl (C=O) groups is 2. The summed E-state index contributed by atoms with van der Waals surface area (Å²) in [5.41, 5.74) is 5.25. The van der Waals surface area contributed by atoms with E-state index in [1.165, 1.54) is 0 Å².